The van der Waals surface area contributed by atoms with Gasteiger partial charge in [0.1, 0.15) is 67.7 Å². The maximum atomic E-state index is 15.2. The fraction of sp³-hybridized carbons (Fsp3) is 0.565. The average molecular weight is 1580 g/mol. The monoisotopic (exact) mass is 1570 g/mol. The van der Waals surface area contributed by atoms with E-state index >= 15 is 4.79 Å². The minimum Gasteiger partial charge on any atom is -0.391 e. The first-order chi connectivity index (χ1) is 53.3. The number of para-hydroxylation sites is 1. The van der Waals surface area contributed by atoms with Crippen LogP contribution >= 0.6 is 0 Å². The van der Waals surface area contributed by atoms with Crippen LogP contribution in [0.2, 0.25) is 0 Å². The number of ether oxygens (including phenoxy) is 2. The number of unbranched alkanes of at least 4 members (excludes halogenated alkanes) is 1. The van der Waals surface area contributed by atoms with Crippen molar-refractivity contribution in [3.05, 3.63) is 90.1 Å². The number of aliphatic hydroxyl groups excluding tert-OH is 1. The molecule has 111 heavy (non-hydrogen) atoms. The van der Waals surface area contributed by atoms with Gasteiger partial charge in [0.2, 0.25) is 80.9 Å². The highest BCUT2D eigenvalue weighted by Gasteiger charge is 2.44. The lowest BCUT2D eigenvalue weighted by Crippen LogP contribution is -2.61. The highest BCUT2D eigenvalue weighted by Crippen LogP contribution is 2.23. The SMILES string of the molecule is CCCC[C@H](NC(=O)[C@H](CN)NC(=O)[C@H](Cc1cnc[nH]1)NC(=O)COCCOCCNC(=O)CCCS(=O)(=O)NCN=NNNC)C(=O)N[C@H]1CCC(=O)NCCCC[C@@H](C(N)=O)NC(=O)[C@H](Cc2c[nH]c3ccccc23)NC(=O)[C@H](CCCN=C(N)N)NC(=O)[C@@H](Cc2ccccc2)NC(=O)[C@@H]2C[C@@H](O)CN2C1=O. The van der Waals surface area contributed by atoms with Gasteiger partial charge >= 0.3 is 0 Å². The van der Waals surface area contributed by atoms with E-state index in [1.807, 2.05) is 25.1 Å². The van der Waals surface area contributed by atoms with Crippen LogP contribution in [0.25, 0.3) is 10.9 Å². The number of H-pyrrole nitrogens is 2. The van der Waals surface area contributed by atoms with Crippen molar-refractivity contribution in [2.75, 3.05) is 78.6 Å². The van der Waals surface area contributed by atoms with Gasteiger partial charge < -0.3 is 106 Å². The summed E-state index contributed by atoms with van der Waals surface area (Å²) in [6.45, 7) is 0.0806. The number of primary amides is 1. The highest BCUT2D eigenvalue weighted by atomic mass is 32.2. The normalized spacial score (nSPS) is 20.1. The number of fused-ring (bicyclic) bond motifs is 2. The number of aromatic nitrogens is 3. The van der Waals surface area contributed by atoms with Crippen molar-refractivity contribution in [1.82, 2.24) is 88.7 Å². The topological polar surface area (TPSA) is 623 Å². The van der Waals surface area contributed by atoms with Crippen molar-refractivity contribution in [2.24, 2.45) is 38.3 Å². The third kappa shape index (κ3) is 31.6. The summed E-state index contributed by atoms with van der Waals surface area (Å²) in [5.74, 6) is -10.4. The summed E-state index contributed by atoms with van der Waals surface area (Å²) in [5, 5.41) is 45.8. The molecule has 610 valence electrons. The van der Waals surface area contributed by atoms with Crippen LogP contribution in [0.15, 0.2) is 88.6 Å². The third-order valence-corrected chi connectivity index (χ3v) is 19.2. The molecule has 12 amide bonds. The highest BCUT2D eigenvalue weighted by molar-refractivity contribution is 7.89. The van der Waals surface area contributed by atoms with Gasteiger partial charge in [0.15, 0.2) is 5.96 Å². The quantitative estimate of drug-likeness (QED) is 0.00651. The van der Waals surface area contributed by atoms with Crippen LogP contribution in [0.4, 0.5) is 0 Å². The molecule has 0 spiro atoms. The molecule has 0 aliphatic carbocycles. The predicted molar refractivity (Wildman–Crippen MR) is 403 cm³/mol. The molecule has 24 N–H and O–H groups in total. The van der Waals surface area contributed by atoms with Gasteiger partial charge in [-0.1, -0.05) is 73.5 Å². The number of hydrogen-bond acceptors (Lipinski definition) is 23. The maximum Gasteiger partial charge on any atom is 0.246 e. The number of rotatable bonds is 39. The Morgan fingerprint density at radius 3 is 2.20 bits per heavy atom. The van der Waals surface area contributed by atoms with Crippen molar-refractivity contribution in [3.63, 3.8) is 0 Å². The van der Waals surface area contributed by atoms with E-state index in [0.29, 0.717) is 29.7 Å². The summed E-state index contributed by atoms with van der Waals surface area (Å²) >= 11 is 0. The van der Waals surface area contributed by atoms with Gasteiger partial charge in [-0.25, -0.2) is 24.4 Å². The lowest BCUT2D eigenvalue weighted by molar-refractivity contribution is -0.143. The molecule has 2 fully saturated rings. The number of nitrogens with two attached hydrogens (primary N) is 4. The van der Waals surface area contributed by atoms with E-state index in [0.717, 1.165) is 15.8 Å². The van der Waals surface area contributed by atoms with E-state index in [9.17, 15) is 66.3 Å². The van der Waals surface area contributed by atoms with E-state index in [4.69, 9.17) is 32.4 Å². The smallest absolute Gasteiger partial charge is 0.246 e. The first kappa shape index (κ1) is 89.1. The number of hydrogen-bond donors (Lipinski definition) is 20. The molecule has 0 unspecified atom stereocenters. The zero-order valence-corrected chi connectivity index (χ0v) is 63.0. The molecule has 4 aromatic rings. The molecule has 6 rings (SSSR count). The van der Waals surface area contributed by atoms with E-state index in [2.05, 4.69) is 99.1 Å². The van der Waals surface area contributed by atoms with Crippen molar-refractivity contribution in [3.8, 4) is 0 Å². The summed E-state index contributed by atoms with van der Waals surface area (Å²) in [6.07, 6.45) is 2.67. The second-order valence-corrected chi connectivity index (χ2v) is 28.4. The first-order valence-corrected chi connectivity index (χ1v) is 38.4. The molecular formula is C69H106N24O17S. The Kier molecular flexibility index (Phi) is 38.0. The van der Waals surface area contributed by atoms with Gasteiger partial charge in [-0.05, 0) is 68.6 Å². The predicted octanol–water partition coefficient (Wildman–Crippen LogP) is -5.58. The number of amides is 12. The largest absolute Gasteiger partial charge is 0.391 e. The van der Waals surface area contributed by atoms with Crippen molar-refractivity contribution in [1.29, 1.82) is 0 Å². The Labute approximate surface area is 641 Å². The first-order valence-electron chi connectivity index (χ1n) is 36.7. The molecule has 4 heterocycles. The minimum absolute atomic E-state index is 0.00634. The van der Waals surface area contributed by atoms with Crippen molar-refractivity contribution >= 4 is 97.8 Å². The molecule has 2 aliphatic heterocycles. The Hall–Kier alpha value is -10.8. The second-order valence-electron chi connectivity index (χ2n) is 26.4. The fourth-order valence-corrected chi connectivity index (χ4v) is 12.9. The van der Waals surface area contributed by atoms with Crippen LogP contribution in [-0.2, 0) is 96.3 Å². The number of nitrogens with one attached hydrogen (secondary N) is 15. The van der Waals surface area contributed by atoms with Gasteiger partial charge in [-0.2, -0.15) is 9.84 Å². The van der Waals surface area contributed by atoms with Gasteiger partial charge in [0.05, 0.1) is 38.0 Å². The number of aliphatic hydroxyl groups is 1. The fourth-order valence-electron chi connectivity index (χ4n) is 12.0. The van der Waals surface area contributed by atoms with Crippen LogP contribution in [-0.4, -0.2) is 249 Å². The van der Waals surface area contributed by atoms with Crippen LogP contribution in [0, 0.1) is 0 Å². The molecule has 41 nitrogen and oxygen atoms in total. The molecule has 2 aromatic heterocycles. The molecule has 0 bridgehead atoms. The summed E-state index contributed by atoms with van der Waals surface area (Å²) < 4.78 is 37.4. The molecule has 0 saturated carbocycles. The zero-order valence-electron chi connectivity index (χ0n) is 62.2. The van der Waals surface area contributed by atoms with Crippen LogP contribution in [0.5, 0.6) is 0 Å². The number of benzene rings is 2. The minimum atomic E-state index is -3.69. The number of carbonyl (C=O) groups excluding carboxylic acids is 12. The molecule has 10 atom stereocenters. The molecular weight excluding hydrogens is 1470 g/mol. The summed E-state index contributed by atoms with van der Waals surface area (Å²) in [7, 11) is -2.14. The standard InChI is InChI=1S/C69H106N24O17S/c1-3-4-17-49(86-66(104)55(35-70)90-65(103)54(33-44-37-75-40-80-44)83-59(97)39-110-29-28-109-27-26-77-57(95)21-13-30-111(107,108)82-41-81-92-91-74-2)61(99)87-51-22-23-58(96)76-24-11-10-19-48(60(71)98)84-64(102)53(32-43-36-79-47-18-9-8-16-46(43)47)88-62(100)50(20-12-25-78-69(72)73)85-63(101)52(31-42-14-6-5-7-15-42)89-67(105)56-34-45(94)38-93(56)68(51)106/h5-9,14-16,18,36-37,40,45,48-56,79,82,94H,3-4,10-13,17,19-35,38-39,41,70H2,1-2H3,(H2,71,98)(H,74,92)(H,75,80)(H,76,96)(H,77,95)(H,81,91)(H,83,97)(H,84,102)(H,85,101)(H,86,104)(H,87,99)(H,88,100)(H,89,105)(H,90,103)(H4,72,73,78)/t45-,48+,49+,50+,51+,52-,53+,54+,55+,56+/m1/s1. The summed E-state index contributed by atoms with van der Waals surface area (Å²) in [4.78, 5) is 185. The Bertz CT molecular complexity index is 3890. The number of aromatic amines is 2. The molecule has 2 aromatic carbocycles. The average Bonchev–Trinajstić information content (AvgIpc) is 1.69. The lowest BCUT2D eigenvalue weighted by Gasteiger charge is -2.31. The van der Waals surface area contributed by atoms with Gasteiger partial charge in [0.25, 0.3) is 0 Å². The molecule has 0 radical (unpaired) electrons. The summed E-state index contributed by atoms with van der Waals surface area (Å²) in [5.41, 5.74) is 30.3. The third-order valence-electron chi connectivity index (χ3n) is 17.8. The number of aliphatic imine (C=N–C) groups is 1. The van der Waals surface area contributed by atoms with Gasteiger partial charge in [0, 0.05) is 107 Å². The number of nitrogens with zero attached hydrogens (tertiary/aromatic N) is 5. The number of carbonyl (C=O) groups is 12. The van der Waals surface area contributed by atoms with Gasteiger partial charge in [-0.3, -0.25) is 62.5 Å². The van der Waals surface area contributed by atoms with Crippen molar-refractivity contribution in [2.45, 2.75) is 170 Å². The number of hydrazine groups is 1. The number of guanidine groups is 1. The molecule has 2 saturated heterocycles. The lowest BCUT2D eigenvalue weighted by atomic mass is 10.0. The summed E-state index contributed by atoms with van der Waals surface area (Å²) in [6, 6.07) is 2.69. The Morgan fingerprint density at radius 1 is 0.766 bits per heavy atom. The van der Waals surface area contributed by atoms with Crippen LogP contribution in [0.3, 0.4) is 0 Å². The number of imidazole rings is 1. The molecule has 2 aliphatic rings. The van der Waals surface area contributed by atoms with Crippen LogP contribution in [0.1, 0.15) is 107 Å². The Balaban J connectivity index is 1.16. The number of sulfonamides is 1. The van der Waals surface area contributed by atoms with E-state index < -0.39 is 174 Å². The van der Waals surface area contributed by atoms with E-state index in [1.165, 1.54) is 12.5 Å². The van der Waals surface area contributed by atoms with E-state index in [1.54, 1.807) is 49.6 Å². The van der Waals surface area contributed by atoms with Crippen LogP contribution < -0.4 is 91.8 Å². The zero-order chi connectivity index (χ0) is 80.7. The maximum absolute atomic E-state index is 15.2. The van der Waals surface area contributed by atoms with Crippen molar-refractivity contribution < 1.29 is 80.5 Å². The Morgan fingerprint density at radius 2 is 1.47 bits per heavy atom. The molecule has 42 heteroatoms. The van der Waals surface area contributed by atoms with Gasteiger partial charge in [-0.15, -0.1) is 0 Å². The second kappa shape index (κ2) is 47.3. The van der Waals surface area contributed by atoms with E-state index in [-0.39, 0.29) is 135 Å².